The number of benzene rings is 1. The zero-order valence-electron chi connectivity index (χ0n) is 13.1. The van der Waals surface area contributed by atoms with Gasteiger partial charge in [0, 0.05) is 23.6 Å². The molecule has 4 nitrogen and oxygen atoms in total. The van der Waals surface area contributed by atoms with Crippen molar-refractivity contribution in [1.82, 2.24) is 15.5 Å². The molecular formula is C16H25BrClN3O. The summed E-state index contributed by atoms with van der Waals surface area (Å²) in [4.78, 5) is 14.4. The molecule has 0 radical (unpaired) electrons. The number of nitrogens with one attached hydrogen (secondary N) is 2. The van der Waals surface area contributed by atoms with Crippen molar-refractivity contribution in [3.8, 4) is 0 Å². The highest BCUT2D eigenvalue weighted by Crippen LogP contribution is 2.16. The fraction of sp³-hybridized carbons (Fsp3) is 0.562. The summed E-state index contributed by atoms with van der Waals surface area (Å²) >= 11 is 3.42. The van der Waals surface area contributed by atoms with Crippen LogP contribution in [0, 0.1) is 0 Å². The lowest BCUT2D eigenvalue weighted by Gasteiger charge is -2.31. The van der Waals surface area contributed by atoms with Crippen LogP contribution in [0.2, 0.25) is 0 Å². The van der Waals surface area contributed by atoms with Crippen LogP contribution in [-0.2, 0) is 4.79 Å². The fourth-order valence-corrected chi connectivity index (χ4v) is 2.97. The number of likely N-dealkylation sites (tertiary alicyclic amines) is 1. The Kier molecular flexibility index (Phi) is 8.39. The molecule has 6 heteroatoms. The molecule has 0 aromatic heterocycles. The lowest BCUT2D eigenvalue weighted by Crippen LogP contribution is -2.45. The first kappa shape index (κ1) is 19.4. The third-order valence-electron chi connectivity index (χ3n) is 4.11. The molecule has 1 atom stereocenters. The van der Waals surface area contributed by atoms with Gasteiger partial charge in [0.15, 0.2) is 0 Å². The Hall–Kier alpha value is -0.620. The number of nitrogens with zero attached hydrogens (tertiary/aromatic N) is 1. The number of hydrogen-bond acceptors (Lipinski definition) is 3. The van der Waals surface area contributed by atoms with Crippen LogP contribution >= 0.6 is 28.3 Å². The van der Waals surface area contributed by atoms with Crippen molar-refractivity contribution in [2.75, 3.05) is 26.7 Å². The van der Waals surface area contributed by atoms with E-state index < -0.39 is 0 Å². The second-order valence-electron chi connectivity index (χ2n) is 5.68. The molecule has 124 valence electrons. The molecule has 2 N–H and O–H groups in total. The summed E-state index contributed by atoms with van der Waals surface area (Å²) in [6, 6.07) is 8.72. The van der Waals surface area contributed by atoms with Crippen LogP contribution in [0.15, 0.2) is 28.7 Å². The molecular weight excluding hydrogens is 366 g/mol. The van der Waals surface area contributed by atoms with Gasteiger partial charge in [0.1, 0.15) is 0 Å². The summed E-state index contributed by atoms with van der Waals surface area (Å²) in [5, 5.41) is 6.38. The van der Waals surface area contributed by atoms with Crippen molar-refractivity contribution >= 4 is 34.2 Å². The van der Waals surface area contributed by atoms with E-state index in [0.29, 0.717) is 12.6 Å². The van der Waals surface area contributed by atoms with Crippen LogP contribution in [0.25, 0.3) is 0 Å². The first-order chi connectivity index (χ1) is 10.1. The van der Waals surface area contributed by atoms with Gasteiger partial charge in [-0.2, -0.15) is 0 Å². The SMILES string of the molecule is CNC1CCN(CC(=O)NC(C)c2ccc(Br)cc2)CC1.Cl. The molecule has 1 amide bonds. The maximum atomic E-state index is 12.1. The van der Waals surface area contributed by atoms with Gasteiger partial charge in [0.2, 0.25) is 5.91 Å². The van der Waals surface area contributed by atoms with Gasteiger partial charge >= 0.3 is 0 Å². The summed E-state index contributed by atoms with van der Waals surface area (Å²) in [5.74, 6) is 0.105. The maximum absolute atomic E-state index is 12.1. The van der Waals surface area contributed by atoms with Crippen molar-refractivity contribution in [2.24, 2.45) is 0 Å². The Labute approximate surface area is 147 Å². The van der Waals surface area contributed by atoms with E-state index in [1.807, 2.05) is 38.2 Å². The van der Waals surface area contributed by atoms with E-state index in [1.165, 1.54) is 0 Å². The standard InChI is InChI=1S/C16H24BrN3O.ClH/c1-12(13-3-5-14(17)6-4-13)19-16(21)11-20-9-7-15(18-2)8-10-20;/h3-6,12,15,18H,7-11H2,1-2H3,(H,19,21);1H. The second kappa shape index (κ2) is 9.50. The van der Waals surface area contributed by atoms with Crippen molar-refractivity contribution in [3.05, 3.63) is 34.3 Å². The van der Waals surface area contributed by atoms with E-state index in [-0.39, 0.29) is 24.4 Å². The smallest absolute Gasteiger partial charge is 0.234 e. The summed E-state index contributed by atoms with van der Waals surface area (Å²) in [5.41, 5.74) is 1.13. The number of carbonyl (C=O) groups excluding carboxylic acids is 1. The molecule has 2 rings (SSSR count). The molecule has 1 aliphatic rings. The van der Waals surface area contributed by atoms with Crippen LogP contribution < -0.4 is 10.6 Å². The van der Waals surface area contributed by atoms with Gasteiger partial charge < -0.3 is 10.6 Å². The summed E-state index contributed by atoms with van der Waals surface area (Å²) in [6.45, 7) is 4.50. The average molecular weight is 391 g/mol. The summed E-state index contributed by atoms with van der Waals surface area (Å²) < 4.78 is 1.05. The van der Waals surface area contributed by atoms with E-state index >= 15 is 0 Å². The largest absolute Gasteiger partial charge is 0.348 e. The normalized spacial score (nSPS) is 17.6. The first-order valence-electron chi connectivity index (χ1n) is 7.53. The van der Waals surface area contributed by atoms with E-state index in [1.54, 1.807) is 0 Å². The van der Waals surface area contributed by atoms with Gasteiger partial charge in [0.25, 0.3) is 0 Å². The van der Waals surface area contributed by atoms with Gasteiger partial charge in [-0.25, -0.2) is 0 Å². The average Bonchev–Trinajstić information content (AvgIpc) is 2.48. The molecule has 1 aromatic rings. The summed E-state index contributed by atoms with van der Waals surface area (Å²) in [7, 11) is 2.01. The highest BCUT2D eigenvalue weighted by atomic mass is 79.9. The Morgan fingerprint density at radius 1 is 1.32 bits per heavy atom. The topological polar surface area (TPSA) is 44.4 Å². The van der Waals surface area contributed by atoms with Crippen LogP contribution in [0.3, 0.4) is 0 Å². The Balaban J connectivity index is 0.00000242. The molecule has 1 heterocycles. The van der Waals surface area contributed by atoms with E-state index in [4.69, 9.17) is 0 Å². The molecule has 1 fully saturated rings. The van der Waals surface area contributed by atoms with Crippen molar-refractivity contribution in [3.63, 3.8) is 0 Å². The number of carbonyl (C=O) groups is 1. The molecule has 1 unspecified atom stereocenters. The van der Waals surface area contributed by atoms with Gasteiger partial charge in [0.05, 0.1) is 12.6 Å². The predicted octanol–water partition coefficient (Wildman–Crippen LogP) is 2.73. The summed E-state index contributed by atoms with van der Waals surface area (Å²) in [6.07, 6.45) is 2.23. The Bertz CT molecular complexity index is 461. The lowest BCUT2D eigenvalue weighted by atomic mass is 10.1. The third-order valence-corrected chi connectivity index (χ3v) is 4.64. The molecule has 0 spiro atoms. The number of halogens is 2. The number of piperidine rings is 1. The van der Waals surface area contributed by atoms with Crippen LogP contribution in [0.5, 0.6) is 0 Å². The van der Waals surface area contributed by atoms with Gasteiger partial charge in [-0.15, -0.1) is 12.4 Å². The minimum Gasteiger partial charge on any atom is -0.348 e. The lowest BCUT2D eigenvalue weighted by molar-refractivity contribution is -0.123. The monoisotopic (exact) mass is 389 g/mol. The molecule has 1 saturated heterocycles. The Morgan fingerprint density at radius 3 is 2.45 bits per heavy atom. The van der Waals surface area contributed by atoms with Gasteiger partial charge in [-0.05, 0) is 44.5 Å². The van der Waals surface area contributed by atoms with Gasteiger partial charge in [-0.1, -0.05) is 28.1 Å². The molecule has 0 aliphatic carbocycles. The van der Waals surface area contributed by atoms with E-state index in [0.717, 1.165) is 36.0 Å². The number of hydrogen-bond donors (Lipinski definition) is 2. The Morgan fingerprint density at radius 2 is 1.91 bits per heavy atom. The van der Waals surface area contributed by atoms with Gasteiger partial charge in [-0.3, -0.25) is 9.69 Å². The number of amides is 1. The third kappa shape index (κ3) is 5.88. The highest BCUT2D eigenvalue weighted by Gasteiger charge is 2.20. The zero-order chi connectivity index (χ0) is 15.2. The quantitative estimate of drug-likeness (QED) is 0.812. The second-order valence-corrected chi connectivity index (χ2v) is 6.60. The van der Waals surface area contributed by atoms with Crippen molar-refractivity contribution < 1.29 is 4.79 Å². The molecule has 1 aromatic carbocycles. The highest BCUT2D eigenvalue weighted by molar-refractivity contribution is 9.10. The van der Waals surface area contributed by atoms with E-state index in [2.05, 4.69) is 31.5 Å². The number of rotatable bonds is 5. The molecule has 0 saturated carbocycles. The van der Waals surface area contributed by atoms with Crippen molar-refractivity contribution in [2.45, 2.75) is 31.8 Å². The van der Waals surface area contributed by atoms with Crippen LogP contribution in [-0.4, -0.2) is 43.5 Å². The predicted molar refractivity (Wildman–Crippen MR) is 96.5 cm³/mol. The minimum atomic E-state index is 0. The molecule has 0 bridgehead atoms. The minimum absolute atomic E-state index is 0. The van der Waals surface area contributed by atoms with Crippen LogP contribution in [0.4, 0.5) is 0 Å². The fourth-order valence-electron chi connectivity index (χ4n) is 2.70. The zero-order valence-corrected chi connectivity index (χ0v) is 15.5. The molecule has 1 aliphatic heterocycles. The van der Waals surface area contributed by atoms with E-state index in [9.17, 15) is 4.79 Å². The van der Waals surface area contributed by atoms with Crippen molar-refractivity contribution in [1.29, 1.82) is 0 Å². The van der Waals surface area contributed by atoms with Crippen LogP contribution in [0.1, 0.15) is 31.4 Å². The molecule has 22 heavy (non-hydrogen) atoms. The first-order valence-corrected chi connectivity index (χ1v) is 8.32. The maximum Gasteiger partial charge on any atom is 0.234 e.